The molecule has 0 radical (unpaired) electrons. The van der Waals surface area contributed by atoms with Gasteiger partial charge in [-0.3, -0.25) is 9.59 Å². The highest BCUT2D eigenvalue weighted by Crippen LogP contribution is 2.16. The third-order valence-corrected chi connectivity index (χ3v) is 3.55. The van der Waals surface area contributed by atoms with E-state index in [0.717, 1.165) is 0 Å². The third kappa shape index (κ3) is 2.10. The Bertz CT molecular complexity index is 443. The van der Waals surface area contributed by atoms with E-state index in [4.69, 9.17) is 0 Å². The minimum absolute atomic E-state index is 0.00437. The van der Waals surface area contributed by atoms with Crippen molar-refractivity contribution in [3.05, 3.63) is 18.7 Å². The van der Waals surface area contributed by atoms with Gasteiger partial charge in [-0.1, -0.05) is 0 Å². The minimum atomic E-state index is -0.387. The SMILES string of the molecule is C[C@H]1C(=O)N(CCn2ccnc2)[C@@H](C)C(=O)N1C. The Morgan fingerprint density at radius 2 is 1.89 bits per heavy atom. The average Bonchev–Trinajstić information content (AvgIpc) is 2.87. The van der Waals surface area contributed by atoms with Gasteiger partial charge in [0, 0.05) is 32.5 Å². The van der Waals surface area contributed by atoms with Gasteiger partial charge in [-0.05, 0) is 13.8 Å². The number of hydrogen-bond acceptors (Lipinski definition) is 3. The number of rotatable bonds is 3. The van der Waals surface area contributed by atoms with Crippen LogP contribution >= 0.6 is 0 Å². The maximum atomic E-state index is 12.2. The van der Waals surface area contributed by atoms with Crippen molar-refractivity contribution < 1.29 is 9.59 Å². The molecule has 1 aliphatic heterocycles. The second-order valence-electron chi connectivity index (χ2n) is 4.63. The highest BCUT2D eigenvalue weighted by Gasteiger charge is 2.39. The molecule has 1 saturated heterocycles. The van der Waals surface area contributed by atoms with E-state index < -0.39 is 0 Å². The summed E-state index contributed by atoms with van der Waals surface area (Å²) in [6, 6.07) is -0.765. The topological polar surface area (TPSA) is 58.4 Å². The van der Waals surface area contributed by atoms with Crippen LogP contribution in [-0.2, 0) is 16.1 Å². The number of amides is 2. The minimum Gasteiger partial charge on any atom is -0.336 e. The normalized spacial score (nSPS) is 24.8. The average molecular weight is 250 g/mol. The summed E-state index contributed by atoms with van der Waals surface area (Å²) in [5.41, 5.74) is 0. The fraction of sp³-hybridized carbons (Fsp3) is 0.583. The third-order valence-electron chi connectivity index (χ3n) is 3.55. The molecule has 0 saturated carbocycles. The quantitative estimate of drug-likeness (QED) is 0.756. The second kappa shape index (κ2) is 4.80. The number of piperazine rings is 1. The highest BCUT2D eigenvalue weighted by molar-refractivity contribution is 5.96. The number of carbonyl (C=O) groups excluding carboxylic acids is 2. The molecule has 18 heavy (non-hydrogen) atoms. The van der Waals surface area contributed by atoms with E-state index >= 15 is 0 Å². The van der Waals surface area contributed by atoms with Crippen molar-refractivity contribution in [2.45, 2.75) is 32.5 Å². The van der Waals surface area contributed by atoms with Gasteiger partial charge in [-0.2, -0.15) is 0 Å². The van der Waals surface area contributed by atoms with Gasteiger partial charge in [0.25, 0.3) is 0 Å². The molecule has 2 heterocycles. The highest BCUT2D eigenvalue weighted by atomic mass is 16.2. The standard InChI is InChI=1S/C12H18N4O2/c1-9-12(18)16(10(2)11(17)14(9)3)7-6-15-5-4-13-8-15/h4-5,8-10H,6-7H2,1-3H3/t9-,10-/m0/s1. The summed E-state index contributed by atoms with van der Waals surface area (Å²) in [5, 5.41) is 0. The summed E-state index contributed by atoms with van der Waals surface area (Å²) >= 11 is 0. The van der Waals surface area contributed by atoms with Crippen molar-refractivity contribution in [3.8, 4) is 0 Å². The van der Waals surface area contributed by atoms with Crippen LogP contribution in [0.1, 0.15) is 13.8 Å². The first-order valence-electron chi connectivity index (χ1n) is 6.05. The molecule has 1 aliphatic rings. The van der Waals surface area contributed by atoms with Crippen molar-refractivity contribution >= 4 is 11.8 Å². The molecule has 1 fully saturated rings. The fourth-order valence-electron chi connectivity index (χ4n) is 2.16. The molecule has 0 unspecified atom stereocenters. The van der Waals surface area contributed by atoms with Crippen molar-refractivity contribution in [2.24, 2.45) is 0 Å². The Morgan fingerprint density at radius 1 is 1.17 bits per heavy atom. The van der Waals surface area contributed by atoms with Crippen LogP contribution in [0.5, 0.6) is 0 Å². The molecule has 0 aliphatic carbocycles. The van der Waals surface area contributed by atoms with E-state index in [-0.39, 0.29) is 23.9 Å². The summed E-state index contributed by atoms with van der Waals surface area (Å²) in [6.07, 6.45) is 5.25. The van der Waals surface area contributed by atoms with E-state index in [2.05, 4.69) is 4.98 Å². The number of hydrogen-bond donors (Lipinski definition) is 0. The van der Waals surface area contributed by atoms with Crippen molar-refractivity contribution in [1.29, 1.82) is 0 Å². The van der Waals surface area contributed by atoms with Crippen molar-refractivity contribution in [1.82, 2.24) is 19.4 Å². The lowest BCUT2D eigenvalue weighted by molar-refractivity contribution is -0.158. The maximum absolute atomic E-state index is 12.2. The molecule has 1 aromatic heterocycles. The predicted molar refractivity (Wildman–Crippen MR) is 65.6 cm³/mol. The van der Waals surface area contributed by atoms with Crippen LogP contribution in [-0.4, -0.2) is 56.8 Å². The molecular formula is C12H18N4O2. The van der Waals surface area contributed by atoms with Gasteiger partial charge in [-0.15, -0.1) is 0 Å². The lowest BCUT2D eigenvalue weighted by Crippen LogP contribution is -2.62. The van der Waals surface area contributed by atoms with Crippen molar-refractivity contribution in [2.75, 3.05) is 13.6 Å². The lowest BCUT2D eigenvalue weighted by Gasteiger charge is -2.41. The summed E-state index contributed by atoms with van der Waals surface area (Å²) in [7, 11) is 1.68. The van der Waals surface area contributed by atoms with Crippen LogP contribution in [0.4, 0.5) is 0 Å². The van der Waals surface area contributed by atoms with E-state index in [1.807, 2.05) is 10.8 Å². The van der Waals surface area contributed by atoms with Gasteiger partial charge in [-0.25, -0.2) is 4.98 Å². The zero-order chi connectivity index (χ0) is 13.3. The Balaban J connectivity index is 2.06. The number of carbonyl (C=O) groups is 2. The van der Waals surface area contributed by atoms with Crippen LogP contribution in [0.25, 0.3) is 0 Å². The Hall–Kier alpha value is -1.85. The van der Waals surface area contributed by atoms with E-state index in [1.165, 1.54) is 4.90 Å². The van der Waals surface area contributed by atoms with Gasteiger partial charge >= 0.3 is 0 Å². The summed E-state index contributed by atoms with van der Waals surface area (Å²) < 4.78 is 1.90. The van der Waals surface area contributed by atoms with Crippen molar-refractivity contribution in [3.63, 3.8) is 0 Å². The van der Waals surface area contributed by atoms with E-state index in [1.54, 1.807) is 38.3 Å². The fourth-order valence-corrected chi connectivity index (χ4v) is 2.16. The maximum Gasteiger partial charge on any atom is 0.245 e. The number of imidazole rings is 1. The molecule has 0 N–H and O–H groups in total. The zero-order valence-corrected chi connectivity index (χ0v) is 10.9. The smallest absolute Gasteiger partial charge is 0.245 e. The van der Waals surface area contributed by atoms with Gasteiger partial charge < -0.3 is 14.4 Å². The number of aromatic nitrogens is 2. The largest absolute Gasteiger partial charge is 0.336 e. The molecule has 2 atom stereocenters. The predicted octanol–water partition coefficient (Wildman–Crippen LogP) is -0.0393. The van der Waals surface area contributed by atoms with Crippen LogP contribution in [0.2, 0.25) is 0 Å². The molecule has 1 aromatic rings. The Kier molecular flexibility index (Phi) is 3.36. The van der Waals surface area contributed by atoms with Crippen LogP contribution < -0.4 is 0 Å². The second-order valence-corrected chi connectivity index (χ2v) is 4.63. The summed E-state index contributed by atoms with van der Waals surface area (Å²) in [4.78, 5) is 31.2. The molecule has 0 aromatic carbocycles. The molecule has 98 valence electrons. The molecule has 6 heteroatoms. The monoisotopic (exact) mass is 250 g/mol. The number of likely N-dealkylation sites (N-methyl/N-ethyl adjacent to an activating group) is 1. The summed E-state index contributed by atoms with van der Waals surface area (Å²) in [5.74, 6) is -0.00236. The molecular weight excluding hydrogens is 232 g/mol. The molecule has 6 nitrogen and oxygen atoms in total. The first-order valence-corrected chi connectivity index (χ1v) is 6.05. The molecule has 0 bridgehead atoms. The summed E-state index contributed by atoms with van der Waals surface area (Å²) in [6.45, 7) is 4.72. The van der Waals surface area contributed by atoms with E-state index in [0.29, 0.717) is 13.1 Å². The lowest BCUT2D eigenvalue weighted by atomic mass is 10.1. The first kappa shape index (κ1) is 12.6. The number of nitrogens with zero attached hydrogens (tertiary/aromatic N) is 4. The van der Waals surface area contributed by atoms with Gasteiger partial charge in [0.15, 0.2) is 0 Å². The Labute approximate surface area is 106 Å². The van der Waals surface area contributed by atoms with Crippen LogP contribution in [0.15, 0.2) is 18.7 Å². The van der Waals surface area contributed by atoms with Crippen LogP contribution in [0.3, 0.4) is 0 Å². The van der Waals surface area contributed by atoms with Crippen LogP contribution in [0, 0.1) is 0 Å². The molecule has 2 amide bonds. The Morgan fingerprint density at radius 3 is 2.50 bits per heavy atom. The zero-order valence-electron chi connectivity index (χ0n) is 10.9. The van der Waals surface area contributed by atoms with E-state index in [9.17, 15) is 9.59 Å². The first-order chi connectivity index (χ1) is 8.52. The molecule has 0 spiro atoms. The van der Waals surface area contributed by atoms with Gasteiger partial charge in [0.05, 0.1) is 6.33 Å². The van der Waals surface area contributed by atoms with Gasteiger partial charge in [0.2, 0.25) is 11.8 Å². The molecule has 2 rings (SSSR count). The van der Waals surface area contributed by atoms with Gasteiger partial charge in [0.1, 0.15) is 12.1 Å².